The lowest BCUT2D eigenvalue weighted by Gasteiger charge is -2.26. The van der Waals surface area contributed by atoms with Gasteiger partial charge in [-0.15, -0.1) is 0 Å². The van der Waals surface area contributed by atoms with Crippen LogP contribution in [0.25, 0.3) is 0 Å². The van der Waals surface area contributed by atoms with Crippen molar-refractivity contribution >= 4 is 19.7 Å². The Labute approximate surface area is 205 Å². The standard InChI is InChI=1S/C17H15F6N4O10P/c1-25-4-5-26(7-25)38(32,33)34-6-8-10(36-13(29)16(18,19)20)11(37-14(30)17(21,22)23)12(35-8)27-3-2-9(28)24-15(27)31/h2-5,7-8,10-12H,6H2,1H3,(H-,24,28,31,32,33)/t8-,10?,11?,12-/m1/s1. The molecule has 3 rings (SSSR count). The quantitative estimate of drug-likeness (QED) is 0.186. The predicted octanol–water partition coefficient (Wildman–Crippen LogP) is -0.958. The summed E-state index contributed by atoms with van der Waals surface area (Å²) >= 11 is 0. The van der Waals surface area contributed by atoms with Crippen LogP contribution in [0.15, 0.2) is 40.6 Å². The number of aromatic amines is 1. The molecule has 0 spiro atoms. The summed E-state index contributed by atoms with van der Waals surface area (Å²) in [5, 5.41) is 0. The van der Waals surface area contributed by atoms with Gasteiger partial charge in [0, 0.05) is 12.3 Å². The van der Waals surface area contributed by atoms with Crippen LogP contribution in [0.4, 0.5) is 26.3 Å². The topological polar surface area (TPSA) is 175 Å². The molecule has 1 aliphatic heterocycles. The SMILES string of the molecule is C[n+]1ccn(P(=O)([O-])OC[C@H]2O[C@@H](n3ccc(=O)[nH]c3=O)C(OC(=O)C(F)(F)F)C2OC(=O)C(F)(F)F)c1. The summed E-state index contributed by atoms with van der Waals surface area (Å²) in [5.41, 5.74) is -2.38. The van der Waals surface area contributed by atoms with Crippen molar-refractivity contribution < 1.29 is 68.7 Å². The van der Waals surface area contributed by atoms with E-state index in [9.17, 15) is 55.0 Å². The summed E-state index contributed by atoms with van der Waals surface area (Å²) in [4.78, 5) is 60.7. The molecule has 38 heavy (non-hydrogen) atoms. The molecule has 5 atom stereocenters. The maximum absolute atomic E-state index is 12.9. The lowest BCUT2D eigenvalue weighted by Crippen LogP contribution is -2.46. The maximum atomic E-state index is 12.9. The second-order valence-electron chi connectivity index (χ2n) is 7.54. The van der Waals surface area contributed by atoms with Gasteiger partial charge in [0.05, 0.1) is 13.7 Å². The number of hydrogen-bond donors (Lipinski definition) is 1. The number of carbonyl (C=O) groups is 2. The first kappa shape index (κ1) is 29.1. The number of nitrogens with one attached hydrogen (secondary N) is 1. The zero-order valence-corrected chi connectivity index (χ0v) is 19.4. The number of aryl methyl sites for hydroxylation is 1. The fourth-order valence-electron chi connectivity index (χ4n) is 3.16. The van der Waals surface area contributed by atoms with Gasteiger partial charge in [-0.2, -0.15) is 30.7 Å². The predicted molar refractivity (Wildman–Crippen MR) is 102 cm³/mol. The number of H-pyrrole nitrogens is 1. The van der Waals surface area contributed by atoms with Gasteiger partial charge in [-0.05, 0) is 0 Å². The molecule has 1 N–H and O–H groups in total. The highest BCUT2D eigenvalue weighted by Gasteiger charge is 2.56. The smallest absolute Gasteiger partial charge is 0.490 e. The second kappa shape index (κ2) is 10.4. The summed E-state index contributed by atoms with van der Waals surface area (Å²) in [7, 11) is -3.63. The lowest BCUT2D eigenvalue weighted by molar-refractivity contribution is -0.670. The van der Waals surface area contributed by atoms with E-state index in [1.54, 1.807) is 4.98 Å². The zero-order chi connectivity index (χ0) is 28.6. The summed E-state index contributed by atoms with van der Waals surface area (Å²) in [6, 6.07) is 0.659. The molecule has 14 nitrogen and oxygen atoms in total. The number of carbonyl (C=O) groups excluding carboxylic acids is 2. The molecule has 2 aromatic heterocycles. The van der Waals surface area contributed by atoms with Crippen LogP contribution in [0.1, 0.15) is 6.23 Å². The Hall–Kier alpha value is -3.48. The monoisotopic (exact) mass is 580 g/mol. The van der Waals surface area contributed by atoms with Crippen LogP contribution in [0.3, 0.4) is 0 Å². The Morgan fingerprint density at radius 3 is 2.18 bits per heavy atom. The minimum Gasteiger partial charge on any atom is -0.742 e. The molecule has 0 saturated carbocycles. The molecule has 1 aliphatic rings. The van der Waals surface area contributed by atoms with Crippen LogP contribution < -0.4 is 20.7 Å². The van der Waals surface area contributed by atoms with Crippen molar-refractivity contribution in [3.8, 4) is 0 Å². The van der Waals surface area contributed by atoms with E-state index in [2.05, 4.69) is 9.47 Å². The van der Waals surface area contributed by atoms with Gasteiger partial charge < -0.3 is 23.6 Å². The molecule has 2 aromatic rings. The van der Waals surface area contributed by atoms with Crippen LogP contribution in [-0.4, -0.2) is 63.1 Å². The molecule has 0 bridgehead atoms. The van der Waals surface area contributed by atoms with Gasteiger partial charge in [0.15, 0.2) is 18.4 Å². The third kappa shape index (κ3) is 6.50. The fraction of sp³-hybridized carbons (Fsp3) is 0.471. The number of nitrogens with zero attached hydrogens (tertiary/aromatic N) is 3. The highest BCUT2D eigenvalue weighted by molar-refractivity contribution is 7.49. The molecule has 3 heterocycles. The second-order valence-corrected chi connectivity index (χ2v) is 9.20. The van der Waals surface area contributed by atoms with Gasteiger partial charge in [0.1, 0.15) is 18.5 Å². The fourth-order valence-corrected chi connectivity index (χ4v) is 4.14. The van der Waals surface area contributed by atoms with Gasteiger partial charge in [-0.3, -0.25) is 18.9 Å². The Morgan fingerprint density at radius 2 is 1.68 bits per heavy atom. The molecule has 0 aromatic carbocycles. The Morgan fingerprint density at radius 1 is 1.11 bits per heavy atom. The Balaban J connectivity index is 2.02. The maximum Gasteiger partial charge on any atom is 0.490 e. The molecule has 21 heteroatoms. The van der Waals surface area contributed by atoms with Gasteiger partial charge >= 0.3 is 37.7 Å². The van der Waals surface area contributed by atoms with E-state index < -0.39 is 74.4 Å². The van der Waals surface area contributed by atoms with E-state index in [1.165, 1.54) is 17.8 Å². The minimum atomic E-state index is -5.71. The lowest BCUT2D eigenvalue weighted by atomic mass is 10.1. The van der Waals surface area contributed by atoms with Crippen molar-refractivity contribution in [2.75, 3.05) is 6.61 Å². The summed E-state index contributed by atoms with van der Waals surface area (Å²) < 4.78 is 110. The number of halogens is 6. The van der Waals surface area contributed by atoms with E-state index in [0.717, 1.165) is 12.5 Å². The molecule has 0 aliphatic carbocycles. The number of imidazole rings is 1. The van der Waals surface area contributed by atoms with Crippen LogP contribution in [-0.2, 0) is 39.9 Å². The third-order valence-electron chi connectivity index (χ3n) is 4.80. The minimum absolute atomic E-state index is 0.312. The van der Waals surface area contributed by atoms with Crippen LogP contribution in [0.5, 0.6) is 0 Å². The molecule has 210 valence electrons. The van der Waals surface area contributed by atoms with Crippen molar-refractivity contribution in [3.63, 3.8) is 0 Å². The number of alkyl halides is 6. The number of ether oxygens (including phenoxy) is 3. The average molecular weight is 580 g/mol. The molecule has 1 fully saturated rings. The number of hydrogen-bond acceptors (Lipinski definition) is 10. The van der Waals surface area contributed by atoms with E-state index >= 15 is 0 Å². The largest absolute Gasteiger partial charge is 0.742 e. The van der Waals surface area contributed by atoms with E-state index in [-0.39, 0.29) is 0 Å². The first-order valence-electron chi connectivity index (χ1n) is 9.92. The third-order valence-corrected chi connectivity index (χ3v) is 6.08. The molecule has 3 unspecified atom stereocenters. The zero-order valence-electron chi connectivity index (χ0n) is 18.5. The Kier molecular flexibility index (Phi) is 7.92. The molecular formula is C17H15F6N4O10P. The van der Waals surface area contributed by atoms with Gasteiger partial charge in [0.25, 0.3) is 5.56 Å². The number of esters is 2. The van der Waals surface area contributed by atoms with Gasteiger partial charge in [-0.1, -0.05) is 0 Å². The Bertz CT molecular complexity index is 1370. The van der Waals surface area contributed by atoms with E-state index in [4.69, 9.17) is 9.26 Å². The normalized spacial score (nSPS) is 23.6. The molecular weight excluding hydrogens is 565 g/mol. The van der Waals surface area contributed by atoms with Crippen LogP contribution in [0, 0.1) is 0 Å². The van der Waals surface area contributed by atoms with Gasteiger partial charge in [-0.25, -0.2) is 19.0 Å². The van der Waals surface area contributed by atoms with Crippen molar-refractivity contribution in [3.05, 3.63) is 51.8 Å². The molecule has 0 amide bonds. The highest BCUT2D eigenvalue weighted by atomic mass is 31.2. The summed E-state index contributed by atoms with van der Waals surface area (Å²) in [6.07, 6.45) is -17.1. The van der Waals surface area contributed by atoms with Crippen molar-refractivity contribution in [1.82, 2.24) is 13.9 Å². The molecule has 0 radical (unpaired) electrons. The highest BCUT2D eigenvalue weighted by Crippen LogP contribution is 2.41. The van der Waals surface area contributed by atoms with Crippen molar-refractivity contribution in [2.24, 2.45) is 7.05 Å². The van der Waals surface area contributed by atoms with E-state index in [1.807, 2.05) is 0 Å². The number of aromatic nitrogens is 4. The van der Waals surface area contributed by atoms with E-state index in [0.29, 0.717) is 21.2 Å². The van der Waals surface area contributed by atoms with Crippen molar-refractivity contribution in [1.29, 1.82) is 0 Å². The van der Waals surface area contributed by atoms with Crippen LogP contribution >= 0.6 is 7.75 Å². The first-order chi connectivity index (χ1) is 17.4. The average Bonchev–Trinajstić information content (AvgIpc) is 3.36. The summed E-state index contributed by atoms with van der Waals surface area (Å²) in [5.74, 6) is -5.95. The van der Waals surface area contributed by atoms with Gasteiger partial charge in [0.2, 0.25) is 6.33 Å². The van der Waals surface area contributed by atoms with Crippen molar-refractivity contribution in [2.45, 2.75) is 36.9 Å². The molecule has 1 saturated heterocycles. The number of rotatable bonds is 7. The summed E-state index contributed by atoms with van der Waals surface area (Å²) in [6.45, 7) is -1.28. The van der Waals surface area contributed by atoms with Crippen LogP contribution in [0.2, 0.25) is 0 Å². The first-order valence-corrected chi connectivity index (χ1v) is 11.4.